The molecular weight excluding hydrogens is 400 g/mol. The maximum absolute atomic E-state index is 11.9. The van der Waals surface area contributed by atoms with Crippen molar-refractivity contribution in [3.05, 3.63) is 11.6 Å². The Bertz CT molecular complexity index is 738. The number of nitrogens with zero attached hydrogens (tertiary/aromatic N) is 1. The number of nitrogens with two attached hydrogens (primary N) is 1. The summed E-state index contributed by atoms with van der Waals surface area (Å²) in [6, 6.07) is 0. The number of rotatable bonds is 7. The van der Waals surface area contributed by atoms with E-state index in [4.69, 9.17) is 10.6 Å². The summed E-state index contributed by atoms with van der Waals surface area (Å²) in [6.07, 6.45) is 16.1. The van der Waals surface area contributed by atoms with Gasteiger partial charge in [0.25, 0.3) is 0 Å². The molecule has 0 amide bonds. The lowest BCUT2D eigenvalue weighted by molar-refractivity contribution is -0.206. The van der Waals surface area contributed by atoms with E-state index >= 15 is 0 Å². The summed E-state index contributed by atoms with van der Waals surface area (Å²) >= 11 is 0. The average Bonchev–Trinajstić information content (AvgIpc) is 3.08. The molecule has 7 atom stereocenters. The fraction of sp³-hybridized carbons (Fsp3) is 0.889. The molecule has 0 spiro atoms. The largest absolute Gasteiger partial charge is 0.396 e. The van der Waals surface area contributed by atoms with Gasteiger partial charge in [0.05, 0.1) is 17.4 Å². The molecule has 4 saturated carbocycles. The lowest BCUT2D eigenvalue weighted by Gasteiger charge is -2.63. The minimum absolute atomic E-state index is 0.122. The van der Waals surface area contributed by atoms with Crippen LogP contribution in [-0.2, 0) is 4.84 Å². The first-order valence-corrected chi connectivity index (χ1v) is 13.2. The minimum Gasteiger partial charge on any atom is -0.396 e. The Labute approximate surface area is 194 Å². The molecule has 4 N–H and O–H groups in total. The number of aliphatic hydroxyl groups is 2. The zero-order chi connectivity index (χ0) is 23.0. The fourth-order valence-electron chi connectivity index (χ4n) is 8.24. The zero-order valence-corrected chi connectivity index (χ0v) is 20.6. The van der Waals surface area contributed by atoms with E-state index in [1.54, 1.807) is 6.21 Å². The second-order valence-corrected chi connectivity index (χ2v) is 12.0. The smallest absolute Gasteiger partial charge is 0.118 e. The summed E-state index contributed by atoms with van der Waals surface area (Å²) in [5.41, 5.74) is 5.65. The van der Waals surface area contributed by atoms with Crippen LogP contribution in [0.4, 0.5) is 0 Å². The third-order valence-corrected chi connectivity index (χ3v) is 10.3. The maximum atomic E-state index is 11.9. The fourth-order valence-corrected chi connectivity index (χ4v) is 8.24. The van der Waals surface area contributed by atoms with Gasteiger partial charge in [0.15, 0.2) is 0 Å². The van der Waals surface area contributed by atoms with E-state index in [0.717, 1.165) is 63.4 Å². The molecule has 5 heteroatoms. The van der Waals surface area contributed by atoms with Gasteiger partial charge in [-0.05, 0) is 124 Å². The van der Waals surface area contributed by atoms with E-state index in [9.17, 15) is 10.2 Å². The Morgan fingerprint density at radius 1 is 1.06 bits per heavy atom. The second kappa shape index (κ2) is 9.03. The summed E-state index contributed by atoms with van der Waals surface area (Å²) in [5, 5.41) is 27.5. The number of allylic oxidation sites excluding steroid dienone is 1. The van der Waals surface area contributed by atoms with E-state index in [1.807, 2.05) is 0 Å². The number of oxime groups is 1. The Morgan fingerprint density at radius 3 is 2.62 bits per heavy atom. The summed E-state index contributed by atoms with van der Waals surface area (Å²) in [6.45, 7) is 8.06. The highest BCUT2D eigenvalue weighted by Crippen LogP contribution is 2.68. The highest BCUT2D eigenvalue weighted by atomic mass is 16.6. The topological polar surface area (TPSA) is 88.1 Å². The molecule has 0 aromatic rings. The molecule has 4 aliphatic carbocycles. The summed E-state index contributed by atoms with van der Waals surface area (Å²) in [5.74, 6) is 1.55. The van der Waals surface area contributed by atoms with Crippen molar-refractivity contribution in [2.24, 2.45) is 39.5 Å². The predicted molar refractivity (Wildman–Crippen MR) is 129 cm³/mol. The van der Waals surface area contributed by atoms with Crippen LogP contribution in [0.1, 0.15) is 97.8 Å². The average molecular weight is 447 g/mol. The van der Waals surface area contributed by atoms with Crippen LogP contribution in [0.3, 0.4) is 0 Å². The third-order valence-electron chi connectivity index (χ3n) is 10.3. The van der Waals surface area contributed by atoms with Crippen LogP contribution in [0.5, 0.6) is 0 Å². The van der Waals surface area contributed by atoms with Crippen LogP contribution in [0, 0.1) is 28.6 Å². The predicted octanol–water partition coefficient (Wildman–Crippen LogP) is 4.95. The van der Waals surface area contributed by atoms with E-state index in [2.05, 4.69) is 32.0 Å². The van der Waals surface area contributed by atoms with Crippen molar-refractivity contribution in [3.8, 4) is 0 Å². The van der Waals surface area contributed by atoms with Crippen LogP contribution in [-0.4, -0.2) is 40.8 Å². The molecule has 4 aliphatic rings. The SMILES string of the molecule is CCC(C=NOCCCN)=C[C@]1(O)CC[C@@]2(C)[C@H](CC[C@@H]3[C@@H]2CC[C@]2(C)CCC[C@]32O)C1. The molecule has 0 unspecified atom stereocenters. The number of fused-ring (bicyclic) bond motifs is 5. The van der Waals surface area contributed by atoms with Crippen molar-refractivity contribution in [1.29, 1.82) is 0 Å². The Kier molecular flexibility index (Phi) is 6.84. The van der Waals surface area contributed by atoms with Gasteiger partial charge in [-0.3, -0.25) is 0 Å². The van der Waals surface area contributed by atoms with Crippen LogP contribution >= 0.6 is 0 Å². The highest BCUT2D eigenvalue weighted by Gasteiger charge is 2.65. The first-order valence-electron chi connectivity index (χ1n) is 13.2. The molecule has 0 heterocycles. The standard InChI is InChI=1S/C27H46N2O3/c1-4-20(19-29-32-16-6-15-28)17-26(30)14-13-25(3)21(18-26)7-8-23-22(25)9-12-24(2)10-5-11-27(23,24)31/h17,19,21-23,30-31H,4-16,18,28H2,1-3H3/t21-,22+,23-,24+,25+,26-,27+/m1/s1. The normalized spacial score (nSPS) is 46.6. The molecular formula is C27H46N2O3. The maximum Gasteiger partial charge on any atom is 0.118 e. The van der Waals surface area contributed by atoms with Gasteiger partial charge < -0.3 is 20.8 Å². The van der Waals surface area contributed by atoms with Crippen molar-refractivity contribution in [1.82, 2.24) is 0 Å². The van der Waals surface area contributed by atoms with E-state index in [-0.39, 0.29) is 10.8 Å². The molecule has 0 aliphatic heterocycles. The number of hydrogen-bond donors (Lipinski definition) is 3. The van der Waals surface area contributed by atoms with Crippen molar-refractivity contribution >= 4 is 6.21 Å². The van der Waals surface area contributed by atoms with Gasteiger partial charge in [-0.1, -0.05) is 25.9 Å². The van der Waals surface area contributed by atoms with E-state index in [1.165, 1.54) is 19.3 Å². The lowest BCUT2D eigenvalue weighted by Crippen LogP contribution is -2.61. The molecule has 4 rings (SSSR count). The van der Waals surface area contributed by atoms with Gasteiger partial charge in [-0.2, -0.15) is 0 Å². The van der Waals surface area contributed by atoms with Crippen LogP contribution in [0.15, 0.2) is 16.8 Å². The lowest BCUT2D eigenvalue weighted by atomic mass is 9.43. The van der Waals surface area contributed by atoms with Gasteiger partial charge in [0.1, 0.15) is 6.61 Å². The van der Waals surface area contributed by atoms with Gasteiger partial charge in [0, 0.05) is 0 Å². The molecule has 0 aromatic carbocycles. The zero-order valence-electron chi connectivity index (χ0n) is 20.6. The molecule has 0 bridgehead atoms. The molecule has 0 saturated heterocycles. The molecule has 182 valence electrons. The van der Waals surface area contributed by atoms with Gasteiger partial charge in [0.2, 0.25) is 0 Å². The van der Waals surface area contributed by atoms with Crippen molar-refractivity contribution in [3.63, 3.8) is 0 Å². The summed E-state index contributed by atoms with van der Waals surface area (Å²) in [7, 11) is 0. The summed E-state index contributed by atoms with van der Waals surface area (Å²) < 4.78 is 0. The van der Waals surface area contributed by atoms with Crippen molar-refractivity contribution < 1.29 is 15.1 Å². The third kappa shape index (κ3) is 4.07. The molecule has 4 fully saturated rings. The van der Waals surface area contributed by atoms with Crippen LogP contribution in [0.25, 0.3) is 0 Å². The van der Waals surface area contributed by atoms with Crippen LogP contribution < -0.4 is 5.73 Å². The second-order valence-electron chi connectivity index (χ2n) is 12.0. The highest BCUT2D eigenvalue weighted by molar-refractivity contribution is 5.78. The Balaban J connectivity index is 1.47. The number of hydrogen-bond acceptors (Lipinski definition) is 5. The Morgan fingerprint density at radius 2 is 1.88 bits per heavy atom. The quantitative estimate of drug-likeness (QED) is 0.293. The summed E-state index contributed by atoms with van der Waals surface area (Å²) in [4.78, 5) is 5.28. The monoisotopic (exact) mass is 446 g/mol. The first-order chi connectivity index (χ1) is 15.2. The van der Waals surface area contributed by atoms with Crippen molar-refractivity contribution in [2.75, 3.05) is 13.2 Å². The minimum atomic E-state index is -0.765. The van der Waals surface area contributed by atoms with Crippen molar-refractivity contribution in [2.45, 2.75) is 109 Å². The van der Waals surface area contributed by atoms with Gasteiger partial charge in [-0.25, -0.2) is 0 Å². The van der Waals surface area contributed by atoms with Gasteiger partial charge >= 0.3 is 0 Å². The van der Waals surface area contributed by atoms with E-state index in [0.29, 0.717) is 30.9 Å². The van der Waals surface area contributed by atoms with Crippen LogP contribution in [0.2, 0.25) is 0 Å². The molecule has 5 nitrogen and oxygen atoms in total. The van der Waals surface area contributed by atoms with Gasteiger partial charge in [-0.15, -0.1) is 0 Å². The molecule has 32 heavy (non-hydrogen) atoms. The van der Waals surface area contributed by atoms with E-state index < -0.39 is 11.2 Å². The first kappa shape index (κ1) is 24.2. The Hall–Kier alpha value is -0.910. The molecule has 0 aromatic heterocycles. The molecule has 0 radical (unpaired) electrons.